The number of rotatable bonds is 3. The molecular formula is C15H12BrClFNO2. The lowest BCUT2D eigenvalue weighted by Gasteiger charge is -2.20. The quantitative estimate of drug-likeness (QED) is 0.852. The molecule has 0 aliphatic carbocycles. The van der Waals surface area contributed by atoms with Crippen LogP contribution in [0.5, 0.6) is 11.5 Å². The summed E-state index contributed by atoms with van der Waals surface area (Å²) in [5.74, 6) is 1.09. The standard InChI is InChI=1S/C15H12BrClFNO2/c16-11-5-9(6-14-15(11)21-4-3-20-14)8-19-13-2-1-10(18)7-12(13)17/h1-2,5-7,19H,3-4,8H2. The van der Waals surface area contributed by atoms with E-state index in [0.29, 0.717) is 30.5 Å². The molecular weight excluding hydrogens is 361 g/mol. The van der Waals surface area contributed by atoms with Crippen molar-refractivity contribution >= 4 is 33.2 Å². The predicted molar refractivity (Wildman–Crippen MR) is 83.9 cm³/mol. The average molecular weight is 373 g/mol. The van der Waals surface area contributed by atoms with Crippen molar-refractivity contribution in [1.82, 2.24) is 0 Å². The molecule has 2 aromatic carbocycles. The second-order valence-electron chi connectivity index (χ2n) is 4.58. The molecule has 2 aromatic rings. The first-order chi connectivity index (χ1) is 10.1. The van der Waals surface area contributed by atoms with Gasteiger partial charge in [0.2, 0.25) is 0 Å². The van der Waals surface area contributed by atoms with E-state index in [4.69, 9.17) is 21.1 Å². The molecule has 1 aliphatic rings. The van der Waals surface area contributed by atoms with Gasteiger partial charge >= 0.3 is 0 Å². The van der Waals surface area contributed by atoms with Crippen molar-refractivity contribution in [3.63, 3.8) is 0 Å². The van der Waals surface area contributed by atoms with Crippen molar-refractivity contribution in [1.29, 1.82) is 0 Å². The molecule has 0 saturated carbocycles. The van der Waals surface area contributed by atoms with E-state index in [0.717, 1.165) is 21.5 Å². The fourth-order valence-electron chi connectivity index (χ4n) is 2.10. The van der Waals surface area contributed by atoms with Crippen molar-refractivity contribution in [2.75, 3.05) is 18.5 Å². The fourth-order valence-corrected chi connectivity index (χ4v) is 2.93. The third-order valence-electron chi connectivity index (χ3n) is 3.07. The van der Waals surface area contributed by atoms with Crippen molar-refractivity contribution in [2.24, 2.45) is 0 Å². The van der Waals surface area contributed by atoms with Gasteiger partial charge in [-0.3, -0.25) is 0 Å². The minimum Gasteiger partial charge on any atom is -0.486 e. The Kier molecular flexibility index (Phi) is 4.22. The fraction of sp³-hybridized carbons (Fsp3) is 0.200. The van der Waals surface area contributed by atoms with Gasteiger partial charge in [0.25, 0.3) is 0 Å². The first kappa shape index (κ1) is 14.5. The molecule has 1 N–H and O–H groups in total. The van der Waals surface area contributed by atoms with Crippen LogP contribution < -0.4 is 14.8 Å². The molecule has 0 spiro atoms. The van der Waals surface area contributed by atoms with Crippen LogP contribution in [-0.4, -0.2) is 13.2 Å². The van der Waals surface area contributed by atoms with Gasteiger partial charge in [-0.15, -0.1) is 0 Å². The van der Waals surface area contributed by atoms with Gasteiger partial charge in [-0.2, -0.15) is 0 Å². The van der Waals surface area contributed by atoms with Crippen molar-refractivity contribution < 1.29 is 13.9 Å². The lowest BCUT2D eigenvalue weighted by Crippen LogP contribution is -2.16. The Labute approximate surface area is 135 Å². The molecule has 21 heavy (non-hydrogen) atoms. The Morgan fingerprint density at radius 2 is 2.00 bits per heavy atom. The number of ether oxygens (including phenoxy) is 2. The Hall–Kier alpha value is -1.46. The van der Waals surface area contributed by atoms with Gasteiger partial charge in [-0.1, -0.05) is 11.6 Å². The maximum Gasteiger partial charge on any atom is 0.175 e. The van der Waals surface area contributed by atoms with Crippen LogP contribution in [0.2, 0.25) is 5.02 Å². The summed E-state index contributed by atoms with van der Waals surface area (Å²) in [6, 6.07) is 8.14. The monoisotopic (exact) mass is 371 g/mol. The van der Waals surface area contributed by atoms with E-state index < -0.39 is 0 Å². The number of hydrogen-bond donors (Lipinski definition) is 1. The number of hydrogen-bond acceptors (Lipinski definition) is 3. The highest BCUT2D eigenvalue weighted by Gasteiger charge is 2.16. The summed E-state index contributed by atoms with van der Waals surface area (Å²) in [6.45, 7) is 1.63. The van der Waals surface area contributed by atoms with Crippen molar-refractivity contribution in [3.05, 3.63) is 51.2 Å². The first-order valence-electron chi connectivity index (χ1n) is 6.40. The third kappa shape index (κ3) is 3.24. The van der Waals surface area contributed by atoms with Crippen LogP contribution in [-0.2, 0) is 6.54 Å². The van der Waals surface area contributed by atoms with Gasteiger partial charge < -0.3 is 14.8 Å². The van der Waals surface area contributed by atoms with Gasteiger partial charge in [-0.25, -0.2) is 4.39 Å². The van der Waals surface area contributed by atoms with Crippen LogP contribution in [0.25, 0.3) is 0 Å². The second-order valence-corrected chi connectivity index (χ2v) is 5.84. The summed E-state index contributed by atoms with van der Waals surface area (Å²) in [5, 5.41) is 3.53. The molecule has 1 aliphatic heterocycles. The van der Waals surface area contributed by atoms with Crippen LogP contribution in [0.15, 0.2) is 34.8 Å². The number of anilines is 1. The largest absolute Gasteiger partial charge is 0.486 e. The van der Waals surface area contributed by atoms with E-state index in [1.54, 1.807) is 6.07 Å². The van der Waals surface area contributed by atoms with E-state index in [1.165, 1.54) is 12.1 Å². The number of nitrogens with one attached hydrogen (secondary N) is 1. The van der Waals surface area contributed by atoms with E-state index in [-0.39, 0.29) is 5.82 Å². The smallest absolute Gasteiger partial charge is 0.175 e. The maximum atomic E-state index is 13.0. The van der Waals surface area contributed by atoms with Gasteiger partial charge in [0.1, 0.15) is 19.0 Å². The highest BCUT2D eigenvalue weighted by atomic mass is 79.9. The van der Waals surface area contributed by atoms with E-state index in [2.05, 4.69) is 21.2 Å². The Bertz CT molecular complexity index is 681. The highest BCUT2D eigenvalue weighted by Crippen LogP contribution is 2.38. The molecule has 0 saturated heterocycles. The Morgan fingerprint density at radius 1 is 1.19 bits per heavy atom. The van der Waals surface area contributed by atoms with Gasteiger partial charge in [0, 0.05) is 6.54 Å². The summed E-state index contributed by atoms with van der Waals surface area (Å²) in [6.07, 6.45) is 0. The van der Waals surface area contributed by atoms with Crippen LogP contribution in [0.4, 0.5) is 10.1 Å². The molecule has 1 heterocycles. The van der Waals surface area contributed by atoms with Crippen molar-refractivity contribution in [2.45, 2.75) is 6.54 Å². The molecule has 0 unspecified atom stereocenters. The summed E-state index contributed by atoms with van der Waals surface area (Å²) >= 11 is 9.46. The zero-order valence-electron chi connectivity index (χ0n) is 11.0. The molecule has 6 heteroatoms. The van der Waals surface area contributed by atoms with E-state index in [9.17, 15) is 4.39 Å². The van der Waals surface area contributed by atoms with Crippen LogP contribution in [0.3, 0.4) is 0 Å². The third-order valence-corrected chi connectivity index (χ3v) is 3.97. The highest BCUT2D eigenvalue weighted by molar-refractivity contribution is 9.10. The van der Waals surface area contributed by atoms with Crippen LogP contribution >= 0.6 is 27.5 Å². The summed E-state index contributed by atoms with van der Waals surface area (Å²) < 4.78 is 25.0. The van der Waals surface area contributed by atoms with Crippen LogP contribution in [0.1, 0.15) is 5.56 Å². The predicted octanol–water partition coefficient (Wildman–Crippen LogP) is 4.62. The molecule has 0 amide bonds. The lowest BCUT2D eigenvalue weighted by molar-refractivity contribution is 0.170. The number of fused-ring (bicyclic) bond motifs is 1. The average Bonchev–Trinajstić information content (AvgIpc) is 2.46. The zero-order chi connectivity index (χ0) is 14.8. The molecule has 0 aromatic heterocycles. The van der Waals surface area contributed by atoms with Gasteiger partial charge in [0.05, 0.1) is 15.2 Å². The summed E-state index contributed by atoms with van der Waals surface area (Å²) in [5.41, 5.74) is 1.69. The number of benzene rings is 2. The topological polar surface area (TPSA) is 30.5 Å². The summed E-state index contributed by atoms with van der Waals surface area (Å²) in [4.78, 5) is 0. The molecule has 0 bridgehead atoms. The lowest BCUT2D eigenvalue weighted by atomic mass is 10.2. The minimum absolute atomic E-state index is 0.353. The zero-order valence-corrected chi connectivity index (χ0v) is 13.3. The molecule has 3 nitrogen and oxygen atoms in total. The molecule has 0 atom stereocenters. The first-order valence-corrected chi connectivity index (χ1v) is 7.57. The number of halogens is 3. The summed E-state index contributed by atoms with van der Waals surface area (Å²) in [7, 11) is 0. The van der Waals surface area contributed by atoms with Gasteiger partial charge in [0.15, 0.2) is 11.5 Å². The maximum absolute atomic E-state index is 13.0. The molecule has 110 valence electrons. The molecule has 0 fully saturated rings. The minimum atomic E-state index is -0.354. The Balaban J connectivity index is 1.77. The van der Waals surface area contributed by atoms with Crippen LogP contribution in [0, 0.1) is 5.82 Å². The van der Waals surface area contributed by atoms with Gasteiger partial charge in [-0.05, 0) is 51.8 Å². The Morgan fingerprint density at radius 3 is 2.81 bits per heavy atom. The van der Waals surface area contributed by atoms with Crippen molar-refractivity contribution in [3.8, 4) is 11.5 Å². The molecule has 3 rings (SSSR count). The molecule has 0 radical (unpaired) electrons. The SMILES string of the molecule is Fc1ccc(NCc2cc(Br)c3c(c2)OCCO3)c(Cl)c1. The van der Waals surface area contributed by atoms with E-state index in [1.807, 2.05) is 12.1 Å². The normalized spacial score (nSPS) is 13.1. The van der Waals surface area contributed by atoms with E-state index >= 15 is 0 Å². The second kappa shape index (κ2) is 6.12.